The molecule has 0 heterocycles. The molecule has 0 saturated carbocycles. The molecule has 0 aromatic heterocycles. The largest absolute Gasteiger partial charge is 0.497 e. The smallest absolute Gasteiger partial charge is 0.241 e. The lowest BCUT2D eigenvalue weighted by Crippen LogP contribution is -2.37. The van der Waals surface area contributed by atoms with Gasteiger partial charge in [0.1, 0.15) is 23.9 Å². The lowest BCUT2D eigenvalue weighted by molar-refractivity contribution is 0.287. The normalized spacial score (nSPS) is 12.5. The summed E-state index contributed by atoms with van der Waals surface area (Å²) in [7, 11) is -0.503. The fraction of sp³-hybridized carbons (Fsp3) is 0.368. The summed E-state index contributed by atoms with van der Waals surface area (Å²) >= 11 is 0. The zero-order valence-electron chi connectivity index (χ0n) is 15.7. The lowest BCUT2D eigenvalue weighted by atomic mass is 10.1. The number of hydrogen-bond acceptors (Lipinski definition) is 5. The molecular weight excluding hydrogens is 354 g/mol. The van der Waals surface area contributed by atoms with E-state index in [9.17, 15) is 8.42 Å². The Morgan fingerprint density at radius 1 is 0.923 bits per heavy atom. The van der Waals surface area contributed by atoms with Crippen molar-refractivity contribution >= 4 is 10.0 Å². The van der Waals surface area contributed by atoms with Crippen LogP contribution < -0.4 is 18.9 Å². The SMILES string of the molecule is COc1ccc(OC[C@H](C)NS(=O)(=O)c2ccc(OC)c(C)c2C)cc1. The maximum atomic E-state index is 12.7. The van der Waals surface area contributed by atoms with Gasteiger partial charge in [-0.05, 0) is 68.3 Å². The number of rotatable bonds is 8. The van der Waals surface area contributed by atoms with Gasteiger partial charge >= 0.3 is 0 Å². The zero-order chi connectivity index (χ0) is 19.3. The van der Waals surface area contributed by atoms with E-state index in [1.165, 1.54) is 0 Å². The monoisotopic (exact) mass is 379 g/mol. The van der Waals surface area contributed by atoms with Crippen molar-refractivity contribution in [1.29, 1.82) is 0 Å². The van der Waals surface area contributed by atoms with Gasteiger partial charge in [0.05, 0.1) is 25.2 Å². The summed E-state index contributed by atoms with van der Waals surface area (Å²) < 4.78 is 44.0. The van der Waals surface area contributed by atoms with E-state index in [-0.39, 0.29) is 11.5 Å². The van der Waals surface area contributed by atoms with Crippen LogP contribution in [0.15, 0.2) is 41.3 Å². The van der Waals surface area contributed by atoms with E-state index in [2.05, 4.69) is 4.72 Å². The molecule has 2 aromatic carbocycles. The predicted molar refractivity (Wildman–Crippen MR) is 101 cm³/mol. The highest BCUT2D eigenvalue weighted by Gasteiger charge is 2.22. The Balaban J connectivity index is 2.05. The molecule has 0 amide bonds. The fourth-order valence-electron chi connectivity index (χ4n) is 2.54. The standard InChI is InChI=1S/C19H25NO5S/c1-13(12-25-17-8-6-16(23-4)7-9-17)20-26(21,22)19-11-10-18(24-5)14(2)15(19)3/h6-11,13,20H,12H2,1-5H3/t13-/m0/s1. The van der Waals surface area contributed by atoms with E-state index >= 15 is 0 Å². The van der Waals surface area contributed by atoms with Crippen molar-refractivity contribution < 1.29 is 22.6 Å². The van der Waals surface area contributed by atoms with E-state index in [1.807, 2.05) is 6.92 Å². The highest BCUT2D eigenvalue weighted by atomic mass is 32.2. The van der Waals surface area contributed by atoms with Gasteiger partial charge < -0.3 is 14.2 Å². The lowest BCUT2D eigenvalue weighted by Gasteiger charge is -2.18. The number of methoxy groups -OCH3 is 2. The van der Waals surface area contributed by atoms with E-state index < -0.39 is 16.1 Å². The van der Waals surface area contributed by atoms with Crippen LogP contribution in [0.4, 0.5) is 0 Å². The first-order valence-electron chi connectivity index (χ1n) is 8.22. The second kappa shape index (κ2) is 8.42. The van der Waals surface area contributed by atoms with Crippen LogP contribution in [0.1, 0.15) is 18.1 Å². The fourth-order valence-corrected chi connectivity index (χ4v) is 4.07. The van der Waals surface area contributed by atoms with E-state index in [0.29, 0.717) is 17.1 Å². The average molecular weight is 379 g/mol. The third-order valence-corrected chi connectivity index (χ3v) is 5.85. The molecule has 2 rings (SSSR count). The van der Waals surface area contributed by atoms with Gasteiger partial charge in [0.15, 0.2) is 0 Å². The van der Waals surface area contributed by atoms with E-state index in [1.54, 1.807) is 64.5 Å². The van der Waals surface area contributed by atoms with Crippen molar-refractivity contribution in [1.82, 2.24) is 4.72 Å². The summed E-state index contributed by atoms with van der Waals surface area (Å²) in [5.41, 5.74) is 1.47. The molecule has 0 spiro atoms. The molecule has 7 heteroatoms. The third-order valence-electron chi connectivity index (χ3n) is 4.11. The first-order valence-corrected chi connectivity index (χ1v) is 9.70. The van der Waals surface area contributed by atoms with Crippen LogP contribution in [-0.4, -0.2) is 35.3 Å². The van der Waals surface area contributed by atoms with Crippen LogP contribution >= 0.6 is 0 Å². The minimum Gasteiger partial charge on any atom is -0.497 e. The average Bonchev–Trinajstić information content (AvgIpc) is 2.62. The molecular formula is C19H25NO5S. The van der Waals surface area contributed by atoms with Gasteiger partial charge in [-0.2, -0.15) is 0 Å². The van der Waals surface area contributed by atoms with Crippen molar-refractivity contribution in [2.45, 2.75) is 31.7 Å². The minimum atomic E-state index is -3.66. The Labute approximate surface area is 155 Å². The number of sulfonamides is 1. The molecule has 0 aliphatic rings. The Kier molecular flexibility index (Phi) is 6.50. The number of benzene rings is 2. The highest BCUT2D eigenvalue weighted by Crippen LogP contribution is 2.27. The topological polar surface area (TPSA) is 73.9 Å². The maximum Gasteiger partial charge on any atom is 0.241 e. The van der Waals surface area contributed by atoms with E-state index in [0.717, 1.165) is 11.3 Å². The van der Waals surface area contributed by atoms with E-state index in [4.69, 9.17) is 14.2 Å². The molecule has 0 bridgehead atoms. The third kappa shape index (κ3) is 4.68. The minimum absolute atomic E-state index is 0.208. The van der Waals surface area contributed by atoms with Crippen molar-refractivity contribution in [3.8, 4) is 17.2 Å². The molecule has 0 aliphatic heterocycles. The first-order chi connectivity index (χ1) is 12.3. The van der Waals surface area contributed by atoms with Crippen LogP contribution in [0, 0.1) is 13.8 Å². The molecule has 6 nitrogen and oxygen atoms in total. The highest BCUT2D eigenvalue weighted by molar-refractivity contribution is 7.89. The van der Waals surface area contributed by atoms with Gasteiger partial charge in [-0.3, -0.25) is 0 Å². The second-order valence-electron chi connectivity index (χ2n) is 6.02. The van der Waals surface area contributed by atoms with Gasteiger partial charge in [-0.15, -0.1) is 0 Å². The van der Waals surface area contributed by atoms with Crippen LogP contribution in [0.2, 0.25) is 0 Å². The molecule has 26 heavy (non-hydrogen) atoms. The number of nitrogens with one attached hydrogen (secondary N) is 1. The summed E-state index contributed by atoms with van der Waals surface area (Å²) in [6.45, 7) is 5.57. The van der Waals surface area contributed by atoms with Crippen LogP contribution in [0.5, 0.6) is 17.2 Å². The first kappa shape index (κ1) is 20.1. The van der Waals surface area contributed by atoms with Crippen molar-refractivity contribution in [2.75, 3.05) is 20.8 Å². The Morgan fingerprint density at radius 2 is 1.54 bits per heavy atom. The van der Waals surface area contributed by atoms with Crippen LogP contribution in [0.3, 0.4) is 0 Å². The van der Waals surface area contributed by atoms with Gasteiger partial charge in [-0.1, -0.05) is 0 Å². The molecule has 0 aliphatic carbocycles. The maximum absolute atomic E-state index is 12.7. The summed E-state index contributed by atoms with van der Waals surface area (Å²) in [6.07, 6.45) is 0. The second-order valence-corrected chi connectivity index (χ2v) is 7.71. The Bertz CT molecular complexity index is 847. The van der Waals surface area contributed by atoms with Crippen molar-refractivity contribution in [3.05, 3.63) is 47.5 Å². The summed E-state index contributed by atoms with van der Waals surface area (Å²) in [5.74, 6) is 2.04. The molecule has 0 unspecified atom stereocenters. The van der Waals surface area contributed by atoms with Crippen molar-refractivity contribution in [3.63, 3.8) is 0 Å². The quantitative estimate of drug-likeness (QED) is 0.763. The molecule has 1 atom stereocenters. The Morgan fingerprint density at radius 3 is 2.12 bits per heavy atom. The molecule has 0 fully saturated rings. The van der Waals surface area contributed by atoms with Gasteiger partial charge in [0, 0.05) is 0 Å². The molecule has 2 aromatic rings. The zero-order valence-corrected chi connectivity index (χ0v) is 16.5. The van der Waals surface area contributed by atoms with Crippen LogP contribution in [0.25, 0.3) is 0 Å². The number of ether oxygens (including phenoxy) is 3. The molecule has 142 valence electrons. The van der Waals surface area contributed by atoms with Crippen LogP contribution in [-0.2, 0) is 10.0 Å². The van der Waals surface area contributed by atoms with Gasteiger partial charge in [0.2, 0.25) is 10.0 Å². The predicted octanol–water partition coefficient (Wildman–Crippen LogP) is 3.07. The summed E-state index contributed by atoms with van der Waals surface area (Å²) in [4.78, 5) is 0.243. The molecule has 0 saturated heterocycles. The van der Waals surface area contributed by atoms with Gasteiger partial charge in [0.25, 0.3) is 0 Å². The molecule has 1 N–H and O–H groups in total. The summed E-state index contributed by atoms with van der Waals surface area (Å²) in [5, 5.41) is 0. The summed E-state index contributed by atoms with van der Waals surface area (Å²) in [6, 6.07) is 9.94. The molecule has 0 radical (unpaired) electrons. The number of hydrogen-bond donors (Lipinski definition) is 1. The van der Waals surface area contributed by atoms with Crippen molar-refractivity contribution in [2.24, 2.45) is 0 Å². The Hall–Kier alpha value is -2.25. The van der Waals surface area contributed by atoms with Gasteiger partial charge in [-0.25, -0.2) is 13.1 Å².